The van der Waals surface area contributed by atoms with Crippen molar-refractivity contribution in [3.8, 4) is 0 Å². The molecular formula is C14H21NO. The zero-order chi connectivity index (χ0) is 11.6. The van der Waals surface area contributed by atoms with Crippen molar-refractivity contribution < 1.29 is 5.11 Å². The number of rotatable bonds is 4. The quantitative estimate of drug-likeness (QED) is 0.814. The Kier molecular flexibility index (Phi) is 3.31. The highest BCUT2D eigenvalue weighted by molar-refractivity contribution is 5.30. The number of aliphatic hydroxyl groups is 1. The van der Waals surface area contributed by atoms with Crippen molar-refractivity contribution in [3.63, 3.8) is 0 Å². The molecule has 0 aromatic heterocycles. The minimum absolute atomic E-state index is 0.418. The van der Waals surface area contributed by atoms with Crippen LogP contribution in [0.2, 0.25) is 0 Å². The van der Waals surface area contributed by atoms with Crippen molar-refractivity contribution in [3.05, 3.63) is 34.9 Å². The maximum Gasteiger partial charge on any atom is 0.0771 e. The topological polar surface area (TPSA) is 32.3 Å². The molecule has 0 amide bonds. The van der Waals surface area contributed by atoms with Gasteiger partial charge in [-0.3, -0.25) is 0 Å². The maximum absolute atomic E-state index is 9.94. The first kappa shape index (κ1) is 11.6. The van der Waals surface area contributed by atoms with E-state index in [1.165, 1.54) is 23.1 Å². The van der Waals surface area contributed by atoms with E-state index >= 15 is 0 Å². The van der Waals surface area contributed by atoms with Crippen LogP contribution in [-0.4, -0.2) is 17.3 Å². The normalized spacial score (nSPS) is 18.2. The van der Waals surface area contributed by atoms with E-state index in [-0.39, 0.29) is 0 Å². The van der Waals surface area contributed by atoms with Gasteiger partial charge in [0.2, 0.25) is 0 Å². The lowest BCUT2D eigenvalue weighted by molar-refractivity contribution is -0.0314. The fourth-order valence-corrected chi connectivity index (χ4v) is 2.24. The minimum Gasteiger partial charge on any atom is -0.389 e. The fourth-order valence-electron chi connectivity index (χ4n) is 2.24. The van der Waals surface area contributed by atoms with Gasteiger partial charge in [0.1, 0.15) is 0 Å². The average molecular weight is 219 g/mol. The summed E-state index contributed by atoms with van der Waals surface area (Å²) >= 11 is 0. The highest BCUT2D eigenvalue weighted by Gasteiger charge is 2.33. The Hall–Kier alpha value is -0.860. The van der Waals surface area contributed by atoms with Crippen LogP contribution in [0.4, 0.5) is 0 Å². The average Bonchev–Trinajstić information content (AvgIpc) is 2.19. The molecule has 1 aromatic rings. The van der Waals surface area contributed by atoms with Gasteiger partial charge in [-0.05, 0) is 44.2 Å². The number of nitrogens with one attached hydrogen (secondary N) is 1. The molecule has 88 valence electrons. The first-order valence-corrected chi connectivity index (χ1v) is 6.08. The van der Waals surface area contributed by atoms with E-state index in [1.807, 2.05) is 0 Å². The van der Waals surface area contributed by atoms with Crippen molar-refractivity contribution in [2.24, 2.45) is 0 Å². The van der Waals surface area contributed by atoms with Gasteiger partial charge in [0.05, 0.1) is 5.60 Å². The lowest BCUT2D eigenvalue weighted by Gasteiger charge is -2.36. The van der Waals surface area contributed by atoms with Crippen molar-refractivity contribution >= 4 is 0 Å². The molecule has 0 spiro atoms. The largest absolute Gasteiger partial charge is 0.389 e. The zero-order valence-corrected chi connectivity index (χ0v) is 10.2. The molecule has 0 heterocycles. The van der Waals surface area contributed by atoms with E-state index < -0.39 is 5.60 Å². The van der Waals surface area contributed by atoms with Crippen LogP contribution < -0.4 is 5.32 Å². The van der Waals surface area contributed by atoms with Crippen LogP contribution in [0, 0.1) is 13.8 Å². The lowest BCUT2D eigenvalue weighted by atomic mass is 9.80. The van der Waals surface area contributed by atoms with Crippen LogP contribution in [0.3, 0.4) is 0 Å². The second-order valence-electron chi connectivity index (χ2n) is 5.11. The van der Waals surface area contributed by atoms with E-state index in [0.29, 0.717) is 0 Å². The number of hydrogen-bond acceptors (Lipinski definition) is 2. The van der Waals surface area contributed by atoms with Gasteiger partial charge in [-0.2, -0.15) is 0 Å². The van der Waals surface area contributed by atoms with E-state index in [1.54, 1.807) is 0 Å². The molecule has 1 fully saturated rings. The van der Waals surface area contributed by atoms with Crippen LogP contribution in [0.1, 0.15) is 36.0 Å². The molecule has 0 bridgehead atoms. The second kappa shape index (κ2) is 4.56. The standard InChI is InChI=1S/C14H21NO/c1-11-4-5-13(12(2)8-11)9-15-10-14(16)6-3-7-14/h4-5,8,15-16H,3,6-7,9-10H2,1-2H3. The third-order valence-electron chi connectivity index (χ3n) is 3.55. The van der Waals surface area contributed by atoms with Crippen molar-refractivity contribution in [2.75, 3.05) is 6.54 Å². The Morgan fingerprint density at radius 1 is 1.31 bits per heavy atom. The summed E-state index contributed by atoms with van der Waals surface area (Å²) in [5.74, 6) is 0. The van der Waals surface area contributed by atoms with Gasteiger partial charge >= 0.3 is 0 Å². The summed E-state index contributed by atoms with van der Waals surface area (Å²) in [6.45, 7) is 5.83. The van der Waals surface area contributed by atoms with Crippen molar-refractivity contribution in [1.29, 1.82) is 0 Å². The predicted molar refractivity (Wildman–Crippen MR) is 66.4 cm³/mol. The van der Waals surface area contributed by atoms with Crippen molar-refractivity contribution in [1.82, 2.24) is 5.32 Å². The Bertz CT molecular complexity index is 369. The van der Waals surface area contributed by atoms with Gasteiger partial charge in [0, 0.05) is 13.1 Å². The molecule has 16 heavy (non-hydrogen) atoms. The highest BCUT2D eigenvalue weighted by Crippen LogP contribution is 2.30. The summed E-state index contributed by atoms with van der Waals surface area (Å²) in [7, 11) is 0. The van der Waals surface area contributed by atoms with E-state index in [4.69, 9.17) is 0 Å². The monoisotopic (exact) mass is 219 g/mol. The third-order valence-corrected chi connectivity index (χ3v) is 3.55. The van der Waals surface area contributed by atoms with Crippen LogP contribution in [0.15, 0.2) is 18.2 Å². The Morgan fingerprint density at radius 3 is 2.62 bits per heavy atom. The number of hydrogen-bond donors (Lipinski definition) is 2. The van der Waals surface area contributed by atoms with Gasteiger partial charge in [-0.1, -0.05) is 23.8 Å². The van der Waals surface area contributed by atoms with E-state index in [2.05, 4.69) is 37.4 Å². The summed E-state index contributed by atoms with van der Waals surface area (Å²) in [6.07, 6.45) is 3.07. The predicted octanol–water partition coefficient (Wildman–Crippen LogP) is 2.31. The molecule has 2 rings (SSSR count). The van der Waals surface area contributed by atoms with E-state index in [0.717, 1.165) is 25.9 Å². The van der Waals surface area contributed by atoms with E-state index in [9.17, 15) is 5.11 Å². The maximum atomic E-state index is 9.94. The molecule has 1 aliphatic carbocycles. The van der Waals surface area contributed by atoms with Crippen molar-refractivity contribution in [2.45, 2.75) is 45.3 Å². The third kappa shape index (κ3) is 2.63. The summed E-state index contributed by atoms with van der Waals surface area (Å²) in [4.78, 5) is 0. The molecule has 1 saturated carbocycles. The molecule has 0 unspecified atom stereocenters. The Balaban J connectivity index is 1.85. The molecule has 2 N–H and O–H groups in total. The lowest BCUT2D eigenvalue weighted by Crippen LogP contribution is -2.46. The van der Waals surface area contributed by atoms with Crippen LogP contribution in [-0.2, 0) is 6.54 Å². The van der Waals surface area contributed by atoms with Gasteiger partial charge in [-0.15, -0.1) is 0 Å². The van der Waals surface area contributed by atoms with Crippen LogP contribution in [0.5, 0.6) is 0 Å². The molecule has 0 aliphatic heterocycles. The minimum atomic E-state index is -0.418. The molecule has 1 aliphatic rings. The molecule has 1 aromatic carbocycles. The van der Waals surface area contributed by atoms with Crippen LogP contribution in [0.25, 0.3) is 0 Å². The SMILES string of the molecule is Cc1ccc(CNCC2(O)CCC2)c(C)c1. The smallest absolute Gasteiger partial charge is 0.0771 e. The number of benzene rings is 1. The Morgan fingerprint density at radius 2 is 2.06 bits per heavy atom. The highest BCUT2D eigenvalue weighted by atomic mass is 16.3. The first-order valence-electron chi connectivity index (χ1n) is 6.08. The first-order chi connectivity index (χ1) is 7.59. The van der Waals surface area contributed by atoms with Gasteiger partial charge < -0.3 is 10.4 Å². The number of aryl methyl sites for hydroxylation is 2. The molecule has 0 radical (unpaired) electrons. The zero-order valence-electron chi connectivity index (χ0n) is 10.2. The van der Waals surface area contributed by atoms with Crippen LogP contribution >= 0.6 is 0 Å². The summed E-state index contributed by atoms with van der Waals surface area (Å²) < 4.78 is 0. The second-order valence-corrected chi connectivity index (χ2v) is 5.11. The summed E-state index contributed by atoms with van der Waals surface area (Å²) in [5, 5.41) is 13.3. The summed E-state index contributed by atoms with van der Waals surface area (Å²) in [5.41, 5.74) is 3.54. The molecule has 0 atom stereocenters. The molecule has 2 heteroatoms. The summed E-state index contributed by atoms with van der Waals surface area (Å²) in [6, 6.07) is 6.51. The van der Waals surface area contributed by atoms with Gasteiger partial charge in [0.15, 0.2) is 0 Å². The molecule has 2 nitrogen and oxygen atoms in total. The molecular weight excluding hydrogens is 198 g/mol. The molecule has 0 saturated heterocycles. The fraction of sp³-hybridized carbons (Fsp3) is 0.571. The Labute approximate surface area is 97.7 Å². The van der Waals surface area contributed by atoms with Gasteiger partial charge in [-0.25, -0.2) is 0 Å². The van der Waals surface area contributed by atoms with Gasteiger partial charge in [0.25, 0.3) is 0 Å².